The summed E-state index contributed by atoms with van der Waals surface area (Å²) < 4.78 is 1.09. The molecule has 0 spiro atoms. The number of likely N-dealkylation sites (N-methyl/N-ethyl adjacent to an activating group) is 1. The minimum Gasteiger partial charge on any atom is -0.294 e. The second-order valence-corrected chi connectivity index (χ2v) is 5.29. The maximum atomic E-state index is 2.31. The summed E-state index contributed by atoms with van der Waals surface area (Å²) in [4.78, 5) is 1.57. The maximum Gasteiger partial charge on any atom is 0.149 e. The van der Waals surface area contributed by atoms with Crippen molar-refractivity contribution >= 4 is 11.8 Å². The molecule has 0 saturated carbocycles. The van der Waals surface area contributed by atoms with Crippen LogP contribution in [0.5, 0.6) is 0 Å². The highest BCUT2D eigenvalue weighted by molar-refractivity contribution is 8.03. The summed E-state index contributed by atoms with van der Waals surface area (Å²) in [7, 11) is 4.62. The van der Waals surface area contributed by atoms with Crippen LogP contribution in [0, 0.1) is 0 Å². The zero-order chi connectivity index (χ0) is 8.93. The van der Waals surface area contributed by atoms with Crippen LogP contribution in [0.25, 0.3) is 0 Å². The Labute approximate surface area is 78.7 Å². The van der Waals surface area contributed by atoms with Crippen molar-refractivity contribution in [1.82, 2.24) is 0 Å². The van der Waals surface area contributed by atoms with E-state index in [1.807, 2.05) is 11.8 Å². The van der Waals surface area contributed by atoms with E-state index in [0.717, 1.165) is 4.48 Å². The van der Waals surface area contributed by atoms with Gasteiger partial charge in [-0.15, -0.1) is 11.8 Å². The van der Waals surface area contributed by atoms with Crippen molar-refractivity contribution in [2.75, 3.05) is 26.4 Å². The second-order valence-electron chi connectivity index (χ2n) is 4.18. The highest BCUT2D eigenvalue weighted by Gasteiger charge is 2.39. The van der Waals surface area contributed by atoms with E-state index in [9.17, 15) is 0 Å². The zero-order valence-corrected chi connectivity index (χ0v) is 9.09. The Morgan fingerprint density at radius 3 is 2.42 bits per heavy atom. The summed E-state index contributed by atoms with van der Waals surface area (Å²) in [5.41, 5.74) is 4.65. The number of allylic oxidation sites excluding steroid dienone is 2. The normalized spacial score (nSPS) is 27.0. The number of rotatable bonds is 0. The fraction of sp³-hybridized carbons (Fsp3) is 0.600. The Hall–Kier alpha value is -0.210. The predicted octanol–water partition coefficient (Wildman–Crippen LogP) is 2.37. The molecule has 0 aromatic heterocycles. The average Bonchev–Trinajstić information content (AvgIpc) is 2.01. The van der Waals surface area contributed by atoms with Gasteiger partial charge in [0.05, 0.1) is 25.5 Å². The first-order valence-corrected chi connectivity index (χ1v) is 5.41. The van der Waals surface area contributed by atoms with Crippen molar-refractivity contribution in [3.05, 3.63) is 21.7 Å². The Bertz CT molecular complexity index is 297. The summed E-state index contributed by atoms with van der Waals surface area (Å²) in [6.07, 6.45) is 0. The molecule has 0 radical (unpaired) electrons. The molecule has 2 rings (SSSR count). The molecule has 2 aliphatic rings. The van der Waals surface area contributed by atoms with Crippen molar-refractivity contribution in [1.29, 1.82) is 0 Å². The summed E-state index contributed by atoms with van der Waals surface area (Å²) >= 11 is 2.03. The number of nitrogens with zero attached hydrogens (tertiary/aromatic N) is 1. The molecular weight excluding hydrogens is 166 g/mol. The second kappa shape index (κ2) is 2.39. The topological polar surface area (TPSA) is 0 Å². The lowest BCUT2D eigenvalue weighted by molar-refractivity contribution is -0.849. The predicted molar refractivity (Wildman–Crippen MR) is 54.8 cm³/mol. The van der Waals surface area contributed by atoms with Gasteiger partial charge in [-0.05, 0) is 19.4 Å². The van der Waals surface area contributed by atoms with Crippen molar-refractivity contribution in [2.24, 2.45) is 0 Å². The lowest BCUT2D eigenvalue weighted by atomic mass is 9.93. The third-order valence-electron chi connectivity index (χ3n) is 2.98. The van der Waals surface area contributed by atoms with E-state index in [1.165, 1.54) is 23.4 Å². The third kappa shape index (κ3) is 0.913. The Kier molecular flexibility index (Phi) is 1.67. The minimum absolute atomic E-state index is 1.09. The van der Waals surface area contributed by atoms with E-state index in [-0.39, 0.29) is 0 Å². The number of hydrogen-bond acceptors (Lipinski definition) is 1. The number of hydrogen-bond donors (Lipinski definition) is 0. The number of quaternary nitrogens is 1. The van der Waals surface area contributed by atoms with Crippen LogP contribution in [0.3, 0.4) is 0 Å². The molecule has 0 N–H and O–H groups in total. The van der Waals surface area contributed by atoms with Gasteiger partial charge in [-0.1, -0.05) is 0 Å². The van der Waals surface area contributed by atoms with Gasteiger partial charge in [-0.2, -0.15) is 0 Å². The minimum atomic E-state index is 1.09. The van der Waals surface area contributed by atoms with Gasteiger partial charge in [0.25, 0.3) is 0 Å². The molecule has 0 atom stereocenters. The Morgan fingerprint density at radius 1 is 1.17 bits per heavy atom. The first kappa shape index (κ1) is 8.39. The van der Waals surface area contributed by atoms with Crippen molar-refractivity contribution in [3.8, 4) is 0 Å². The lowest BCUT2D eigenvalue weighted by Gasteiger charge is -2.42. The van der Waals surface area contributed by atoms with E-state index in [2.05, 4.69) is 27.9 Å². The first-order chi connectivity index (χ1) is 5.54. The van der Waals surface area contributed by atoms with Crippen LogP contribution in [0.1, 0.15) is 13.8 Å². The molecule has 0 aromatic rings. The zero-order valence-electron chi connectivity index (χ0n) is 8.27. The molecule has 2 heteroatoms. The van der Waals surface area contributed by atoms with Gasteiger partial charge in [0.1, 0.15) is 5.70 Å². The van der Waals surface area contributed by atoms with Crippen LogP contribution in [0.2, 0.25) is 0 Å². The van der Waals surface area contributed by atoms with Crippen LogP contribution in [0.15, 0.2) is 21.7 Å². The molecule has 0 unspecified atom stereocenters. The van der Waals surface area contributed by atoms with E-state index in [0.29, 0.717) is 0 Å². The molecule has 1 heterocycles. The Morgan fingerprint density at radius 2 is 1.83 bits per heavy atom. The third-order valence-corrected chi connectivity index (χ3v) is 4.15. The molecule has 0 fully saturated rings. The monoisotopic (exact) mass is 182 g/mol. The van der Waals surface area contributed by atoms with Gasteiger partial charge in [0, 0.05) is 11.3 Å². The fourth-order valence-corrected chi connectivity index (χ4v) is 3.68. The lowest BCUT2D eigenvalue weighted by Crippen LogP contribution is -2.46. The van der Waals surface area contributed by atoms with Crippen molar-refractivity contribution in [3.63, 3.8) is 0 Å². The van der Waals surface area contributed by atoms with Crippen LogP contribution >= 0.6 is 11.8 Å². The van der Waals surface area contributed by atoms with Crippen LogP contribution in [-0.2, 0) is 0 Å². The van der Waals surface area contributed by atoms with Gasteiger partial charge in [-0.25, -0.2) is 0 Å². The molecule has 12 heavy (non-hydrogen) atoms. The molecule has 0 saturated heterocycles. The summed E-state index contributed by atoms with van der Waals surface area (Å²) in [5.74, 6) is 1.27. The van der Waals surface area contributed by atoms with Gasteiger partial charge < -0.3 is 0 Å². The van der Waals surface area contributed by atoms with Gasteiger partial charge in [0.15, 0.2) is 0 Å². The first-order valence-electron chi connectivity index (χ1n) is 4.43. The SMILES string of the molecule is CC1=C(C)C2=C1SCC[N+]2(C)C. The summed E-state index contributed by atoms with van der Waals surface area (Å²) in [5, 5.41) is 0. The molecule has 0 aromatic carbocycles. The van der Waals surface area contributed by atoms with E-state index in [4.69, 9.17) is 0 Å². The van der Waals surface area contributed by atoms with Crippen LogP contribution < -0.4 is 0 Å². The van der Waals surface area contributed by atoms with Gasteiger partial charge >= 0.3 is 0 Å². The van der Waals surface area contributed by atoms with Crippen LogP contribution in [-0.4, -0.2) is 30.9 Å². The average molecular weight is 182 g/mol. The van der Waals surface area contributed by atoms with Crippen LogP contribution in [0.4, 0.5) is 0 Å². The molecule has 1 nitrogen and oxygen atoms in total. The van der Waals surface area contributed by atoms with E-state index >= 15 is 0 Å². The summed E-state index contributed by atoms with van der Waals surface area (Å²) in [6.45, 7) is 5.76. The highest BCUT2D eigenvalue weighted by Crippen LogP contribution is 2.47. The van der Waals surface area contributed by atoms with Crippen molar-refractivity contribution < 1.29 is 4.48 Å². The molecule has 1 aliphatic heterocycles. The quantitative estimate of drug-likeness (QED) is 0.518. The fourth-order valence-electron chi connectivity index (χ4n) is 2.03. The highest BCUT2D eigenvalue weighted by atomic mass is 32.2. The van der Waals surface area contributed by atoms with E-state index < -0.39 is 0 Å². The van der Waals surface area contributed by atoms with Gasteiger partial charge in [0.2, 0.25) is 0 Å². The summed E-state index contributed by atoms with van der Waals surface area (Å²) in [6, 6.07) is 0. The molecule has 0 bridgehead atoms. The van der Waals surface area contributed by atoms with Crippen molar-refractivity contribution in [2.45, 2.75) is 13.8 Å². The Balaban J connectivity index is 2.39. The van der Waals surface area contributed by atoms with E-state index in [1.54, 1.807) is 10.6 Å². The standard InChI is InChI=1S/C10H16NS/c1-7-8(2)10-9(7)11(3,4)5-6-12-10/h5-6H2,1-4H3/q+1. The molecule has 1 aliphatic carbocycles. The van der Waals surface area contributed by atoms with Gasteiger partial charge in [-0.3, -0.25) is 4.48 Å². The molecular formula is C10H16NS+. The smallest absolute Gasteiger partial charge is 0.149 e. The largest absolute Gasteiger partial charge is 0.294 e. The number of thioether (sulfide) groups is 1. The maximum absolute atomic E-state index is 2.31. The molecule has 0 amide bonds. The molecule has 66 valence electrons.